The van der Waals surface area contributed by atoms with Crippen LogP contribution in [-0.4, -0.2) is 31.4 Å². The summed E-state index contributed by atoms with van der Waals surface area (Å²) in [5, 5.41) is 14.8. The molecule has 0 spiro atoms. The van der Waals surface area contributed by atoms with Crippen molar-refractivity contribution in [2.75, 3.05) is 35.7 Å². The van der Waals surface area contributed by atoms with Crippen LogP contribution in [0.1, 0.15) is 25.8 Å². The number of anilines is 2. The van der Waals surface area contributed by atoms with Gasteiger partial charge in [-0.1, -0.05) is 0 Å². The molecule has 0 atom stereocenters. The normalized spacial score (nSPS) is 10.4. The Bertz CT molecular complexity index is 622. The standard InChI is InChI=1S/C18H25ClN4O.ClH/c1-4-23(5-2)16-7-8-17(14(3)11-16)22-13-15(12-20)18(24)21-10-6-9-19;/h7-8,11,13,22H,4-6,9-10H2,1-3H3,(H,21,24);1H/p-1/b15-13-;. The van der Waals surface area contributed by atoms with Crippen molar-refractivity contribution in [3.63, 3.8) is 0 Å². The number of hydrogen-bond donors (Lipinski definition) is 2. The molecule has 0 aliphatic heterocycles. The van der Waals surface area contributed by atoms with E-state index >= 15 is 0 Å². The lowest BCUT2D eigenvalue weighted by atomic mass is 10.1. The van der Waals surface area contributed by atoms with E-state index in [2.05, 4.69) is 35.4 Å². The summed E-state index contributed by atoms with van der Waals surface area (Å²) < 4.78 is 0. The molecule has 0 bridgehead atoms. The maximum absolute atomic E-state index is 11.9. The third-order valence-corrected chi connectivity index (χ3v) is 3.94. The molecule has 0 saturated heterocycles. The fourth-order valence-corrected chi connectivity index (χ4v) is 2.39. The monoisotopic (exact) mass is 383 g/mol. The van der Waals surface area contributed by atoms with Crippen molar-refractivity contribution in [2.24, 2.45) is 0 Å². The number of nitrogens with zero attached hydrogens (tertiary/aromatic N) is 2. The van der Waals surface area contributed by atoms with Crippen molar-refractivity contribution in [1.29, 1.82) is 5.26 Å². The number of carbonyl (C=O) groups excluding carboxylic acids is 1. The summed E-state index contributed by atoms with van der Waals surface area (Å²) in [4.78, 5) is 14.1. The predicted molar refractivity (Wildman–Crippen MR) is 100 cm³/mol. The number of aryl methyl sites for hydroxylation is 1. The number of halogens is 2. The first-order valence-corrected chi connectivity index (χ1v) is 8.67. The van der Waals surface area contributed by atoms with Gasteiger partial charge in [-0.05, 0) is 51.0 Å². The Morgan fingerprint density at radius 1 is 1.36 bits per heavy atom. The van der Waals surface area contributed by atoms with Gasteiger partial charge in [-0.2, -0.15) is 5.26 Å². The number of hydrogen-bond acceptors (Lipinski definition) is 4. The van der Waals surface area contributed by atoms with Crippen LogP contribution < -0.4 is 27.9 Å². The van der Waals surface area contributed by atoms with Crippen LogP contribution >= 0.6 is 11.6 Å². The molecule has 1 aromatic rings. The highest BCUT2D eigenvalue weighted by Gasteiger charge is 2.09. The van der Waals surface area contributed by atoms with Crippen molar-refractivity contribution in [3.05, 3.63) is 35.5 Å². The maximum atomic E-state index is 11.9. The van der Waals surface area contributed by atoms with Gasteiger partial charge in [-0.25, -0.2) is 0 Å². The molecule has 25 heavy (non-hydrogen) atoms. The van der Waals surface area contributed by atoms with E-state index in [1.54, 1.807) is 0 Å². The fraction of sp³-hybridized carbons (Fsp3) is 0.444. The van der Waals surface area contributed by atoms with Gasteiger partial charge in [0.25, 0.3) is 5.91 Å². The Morgan fingerprint density at radius 2 is 2.04 bits per heavy atom. The zero-order chi connectivity index (χ0) is 17.9. The van der Waals surface area contributed by atoms with E-state index in [4.69, 9.17) is 16.9 Å². The van der Waals surface area contributed by atoms with E-state index in [1.165, 1.54) is 6.20 Å². The first-order valence-electron chi connectivity index (χ1n) is 8.13. The third kappa shape index (κ3) is 7.25. The fourth-order valence-electron chi connectivity index (χ4n) is 2.26. The van der Waals surface area contributed by atoms with Gasteiger partial charge in [0.05, 0.1) is 0 Å². The molecule has 7 heteroatoms. The first kappa shape index (κ1) is 23.1. The second-order valence-electron chi connectivity index (χ2n) is 5.28. The van der Waals surface area contributed by atoms with Crippen LogP contribution in [0, 0.1) is 18.3 Å². The number of alkyl halides is 1. The zero-order valence-corrected chi connectivity index (χ0v) is 16.4. The van der Waals surface area contributed by atoms with Crippen LogP contribution in [0.15, 0.2) is 30.0 Å². The first-order chi connectivity index (χ1) is 11.6. The summed E-state index contributed by atoms with van der Waals surface area (Å²) in [6, 6.07) is 7.99. The molecule has 0 radical (unpaired) electrons. The van der Waals surface area contributed by atoms with Crippen molar-refractivity contribution < 1.29 is 17.2 Å². The van der Waals surface area contributed by atoms with Crippen LogP contribution in [0.4, 0.5) is 11.4 Å². The van der Waals surface area contributed by atoms with Gasteiger partial charge in [0.1, 0.15) is 11.6 Å². The predicted octanol–water partition coefficient (Wildman–Crippen LogP) is 0.410. The molecule has 0 aliphatic carbocycles. The Kier molecular flexibility index (Phi) is 11.5. The lowest BCUT2D eigenvalue weighted by Crippen LogP contribution is -3.00. The highest BCUT2D eigenvalue weighted by Crippen LogP contribution is 2.22. The SMILES string of the molecule is CCN(CC)c1ccc(N/C=C(/C#N)C(=O)NCCCCl)c(C)c1.[Cl-]. The van der Waals surface area contributed by atoms with Crippen molar-refractivity contribution in [2.45, 2.75) is 27.2 Å². The van der Waals surface area contributed by atoms with Crippen LogP contribution in [-0.2, 0) is 4.79 Å². The molecule has 0 fully saturated rings. The van der Waals surface area contributed by atoms with Gasteiger partial charge in [0.2, 0.25) is 0 Å². The number of nitrogens with one attached hydrogen (secondary N) is 2. The molecule has 0 aromatic heterocycles. The lowest BCUT2D eigenvalue weighted by molar-refractivity contribution is -0.117. The van der Waals surface area contributed by atoms with Crippen molar-refractivity contribution in [1.82, 2.24) is 5.32 Å². The second kappa shape index (κ2) is 12.5. The molecular formula is C18H25Cl2N4O-. The highest BCUT2D eigenvalue weighted by molar-refractivity contribution is 6.17. The van der Waals surface area contributed by atoms with Crippen molar-refractivity contribution in [3.8, 4) is 6.07 Å². The molecule has 0 aliphatic rings. The Hall–Kier alpha value is -1.90. The van der Waals surface area contributed by atoms with Crippen LogP contribution in [0.5, 0.6) is 0 Å². The minimum absolute atomic E-state index is 0. The molecule has 1 rings (SSSR count). The highest BCUT2D eigenvalue weighted by atomic mass is 35.5. The van der Waals surface area contributed by atoms with Gasteiger partial charge in [0.15, 0.2) is 0 Å². The molecule has 0 heterocycles. The van der Waals surface area contributed by atoms with E-state index in [1.807, 2.05) is 25.1 Å². The number of nitriles is 1. The summed E-state index contributed by atoms with van der Waals surface area (Å²) in [6.07, 6.45) is 2.11. The third-order valence-electron chi connectivity index (χ3n) is 3.67. The van der Waals surface area contributed by atoms with Crippen molar-refractivity contribution >= 4 is 28.9 Å². The summed E-state index contributed by atoms with van der Waals surface area (Å²) in [7, 11) is 0. The minimum atomic E-state index is -0.396. The summed E-state index contributed by atoms with van der Waals surface area (Å²) in [5.74, 6) is 0.0786. The van der Waals surface area contributed by atoms with E-state index in [-0.39, 0.29) is 18.0 Å². The van der Waals surface area contributed by atoms with Crippen LogP contribution in [0.25, 0.3) is 0 Å². The molecule has 138 valence electrons. The van der Waals surface area contributed by atoms with Crippen LogP contribution in [0.3, 0.4) is 0 Å². The maximum Gasteiger partial charge on any atom is 0.263 e. The van der Waals surface area contributed by atoms with Crippen LogP contribution in [0.2, 0.25) is 0 Å². The zero-order valence-electron chi connectivity index (χ0n) is 14.9. The molecule has 2 N–H and O–H groups in total. The Morgan fingerprint density at radius 3 is 2.56 bits per heavy atom. The number of carbonyl (C=O) groups is 1. The van der Waals surface area contributed by atoms with E-state index < -0.39 is 5.91 Å². The van der Waals surface area contributed by atoms with Gasteiger partial charge in [0, 0.05) is 43.1 Å². The number of rotatable bonds is 9. The smallest absolute Gasteiger partial charge is 0.263 e. The largest absolute Gasteiger partial charge is 1.00 e. The molecule has 0 saturated carbocycles. The lowest BCUT2D eigenvalue weighted by Gasteiger charge is -2.22. The number of benzene rings is 1. The minimum Gasteiger partial charge on any atom is -1.00 e. The Labute approximate surface area is 161 Å². The summed E-state index contributed by atoms with van der Waals surface area (Å²) in [5.41, 5.74) is 3.12. The number of amides is 1. The summed E-state index contributed by atoms with van der Waals surface area (Å²) >= 11 is 5.57. The molecule has 0 unspecified atom stereocenters. The van der Waals surface area contributed by atoms with Gasteiger partial charge in [-0.15, -0.1) is 11.6 Å². The average Bonchev–Trinajstić information content (AvgIpc) is 2.58. The quantitative estimate of drug-likeness (QED) is 0.280. The van der Waals surface area contributed by atoms with E-state index in [0.29, 0.717) is 18.8 Å². The summed E-state index contributed by atoms with van der Waals surface area (Å²) in [6.45, 7) is 8.59. The van der Waals surface area contributed by atoms with E-state index in [0.717, 1.165) is 30.0 Å². The molecule has 5 nitrogen and oxygen atoms in total. The molecule has 1 amide bonds. The van der Waals surface area contributed by atoms with Gasteiger partial charge >= 0.3 is 0 Å². The Balaban J connectivity index is 0.00000576. The molecular weight excluding hydrogens is 359 g/mol. The van der Waals surface area contributed by atoms with Gasteiger partial charge in [-0.3, -0.25) is 4.79 Å². The average molecular weight is 384 g/mol. The topological polar surface area (TPSA) is 68.2 Å². The van der Waals surface area contributed by atoms with E-state index in [9.17, 15) is 4.79 Å². The molecule has 1 aromatic carbocycles. The van der Waals surface area contributed by atoms with Gasteiger partial charge < -0.3 is 27.9 Å². The second-order valence-corrected chi connectivity index (χ2v) is 5.66.